The molecule has 4 rings (SSSR count). The van der Waals surface area contributed by atoms with Crippen molar-refractivity contribution in [1.29, 1.82) is 0 Å². The van der Waals surface area contributed by atoms with Gasteiger partial charge in [0.15, 0.2) is 0 Å². The Hall–Kier alpha value is -3.03. The zero-order valence-electron chi connectivity index (χ0n) is 15.5. The molecule has 0 radical (unpaired) electrons. The lowest BCUT2D eigenvalue weighted by atomic mass is 9.98. The summed E-state index contributed by atoms with van der Waals surface area (Å²) in [7, 11) is 0. The molecule has 8 heteroatoms. The predicted octanol–water partition coefficient (Wildman–Crippen LogP) is 6.00. The highest BCUT2D eigenvalue weighted by Gasteiger charge is 2.34. The smallest absolute Gasteiger partial charge is 0.267 e. The van der Waals surface area contributed by atoms with Crippen LogP contribution in [0.25, 0.3) is 0 Å². The number of carbonyl (C=O) groups excluding carboxylic acids is 1. The monoisotopic (exact) mass is 483 g/mol. The van der Waals surface area contributed by atoms with E-state index in [1.807, 2.05) is 54.6 Å². The van der Waals surface area contributed by atoms with Crippen LogP contribution in [0.4, 0.5) is 5.69 Å². The van der Waals surface area contributed by atoms with E-state index in [-0.39, 0.29) is 22.3 Å². The van der Waals surface area contributed by atoms with Gasteiger partial charge in [-0.25, -0.2) is 5.01 Å². The Labute approximate surface area is 186 Å². The van der Waals surface area contributed by atoms with Gasteiger partial charge in [0.25, 0.3) is 11.6 Å². The lowest BCUT2D eigenvalue weighted by Crippen LogP contribution is -2.27. The minimum absolute atomic E-state index is 0.0177. The van der Waals surface area contributed by atoms with Gasteiger partial charge in [0.1, 0.15) is 5.02 Å². The third-order valence-electron chi connectivity index (χ3n) is 4.87. The van der Waals surface area contributed by atoms with Gasteiger partial charge in [0.05, 0.1) is 16.7 Å². The second kappa shape index (κ2) is 8.38. The van der Waals surface area contributed by atoms with Crippen LogP contribution >= 0.6 is 27.5 Å². The Morgan fingerprint density at radius 2 is 1.80 bits per heavy atom. The summed E-state index contributed by atoms with van der Waals surface area (Å²) in [6.07, 6.45) is 0.535. The lowest BCUT2D eigenvalue weighted by Gasteiger charge is -2.22. The maximum absolute atomic E-state index is 13.3. The van der Waals surface area contributed by atoms with Crippen LogP contribution < -0.4 is 0 Å². The molecule has 1 atom stereocenters. The van der Waals surface area contributed by atoms with Crippen molar-refractivity contribution in [2.45, 2.75) is 12.5 Å². The fourth-order valence-electron chi connectivity index (χ4n) is 3.37. The fourth-order valence-corrected chi connectivity index (χ4v) is 3.82. The van der Waals surface area contributed by atoms with Gasteiger partial charge in [-0.15, -0.1) is 0 Å². The number of benzene rings is 3. The highest BCUT2D eigenvalue weighted by molar-refractivity contribution is 9.10. The first kappa shape index (κ1) is 20.3. The summed E-state index contributed by atoms with van der Waals surface area (Å²) < 4.78 is 0.930. The number of rotatable bonds is 4. The van der Waals surface area contributed by atoms with Gasteiger partial charge in [0, 0.05) is 22.5 Å². The molecule has 0 saturated heterocycles. The number of hydrazone groups is 1. The molecular weight excluding hydrogens is 470 g/mol. The number of nitro benzene ring substituents is 1. The largest absolute Gasteiger partial charge is 0.288 e. The van der Waals surface area contributed by atoms with Crippen LogP contribution in [0.3, 0.4) is 0 Å². The maximum Gasteiger partial charge on any atom is 0.288 e. The van der Waals surface area contributed by atoms with Crippen LogP contribution in [0.1, 0.15) is 33.9 Å². The lowest BCUT2D eigenvalue weighted by molar-refractivity contribution is -0.384. The summed E-state index contributed by atoms with van der Waals surface area (Å²) in [6.45, 7) is 0. The Balaban J connectivity index is 1.75. The fraction of sp³-hybridized carbons (Fsp3) is 0.0909. The van der Waals surface area contributed by atoms with E-state index in [2.05, 4.69) is 21.0 Å². The van der Waals surface area contributed by atoms with Gasteiger partial charge < -0.3 is 0 Å². The molecule has 6 nitrogen and oxygen atoms in total. The molecule has 0 spiro atoms. The number of nitrogens with zero attached hydrogens (tertiary/aromatic N) is 3. The van der Waals surface area contributed by atoms with Gasteiger partial charge in [-0.1, -0.05) is 70.0 Å². The highest BCUT2D eigenvalue weighted by atomic mass is 79.9. The first-order chi connectivity index (χ1) is 14.4. The molecule has 1 aliphatic rings. The molecule has 150 valence electrons. The molecule has 3 aromatic carbocycles. The number of hydrogen-bond acceptors (Lipinski definition) is 4. The molecule has 0 aliphatic carbocycles. The average Bonchev–Trinajstić information content (AvgIpc) is 3.20. The van der Waals surface area contributed by atoms with Crippen LogP contribution in [0, 0.1) is 10.1 Å². The normalized spacial score (nSPS) is 15.7. The maximum atomic E-state index is 13.3. The van der Waals surface area contributed by atoms with Crippen molar-refractivity contribution in [3.63, 3.8) is 0 Å². The first-order valence-corrected chi connectivity index (χ1v) is 10.3. The van der Waals surface area contributed by atoms with Crippen molar-refractivity contribution < 1.29 is 9.72 Å². The minimum atomic E-state index is -0.603. The Kier molecular flexibility index (Phi) is 5.65. The molecule has 0 saturated carbocycles. The zero-order valence-corrected chi connectivity index (χ0v) is 17.9. The van der Waals surface area contributed by atoms with E-state index in [1.165, 1.54) is 23.2 Å². The van der Waals surface area contributed by atoms with Gasteiger partial charge in [-0.05, 0) is 35.4 Å². The summed E-state index contributed by atoms with van der Waals surface area (Å²) in [6, 6.07) is 21.0. The van der Waals surface area contributed by atoms with Gasteiger partial charge in [-0.3, -0.25) is 14.9 Å². The van der Waals surface area contributed by atoms with Crippen molar-refractivity contribution in [3.8, 4) is 0 Å². The highest BCUT2D eigenvalue weighted by Crippen LogP contribution is 2.35. The summed E-state index contributed by atoms with van der Waals surface area (Å²) >= 11 is 9.33. The Morgan fingerprint density at radius 1 is 1.10 bits per heavy atom. The van der Waals surface area contributed by atoms with E-state index in [4.69, 9.17) is 11.6 Å². The molecule has 0 N–H and O–H groups in total. The van der Waals surface area contributed by atoms with Crippen molar-refractivity contribution in [1.82, 2.24) is 5.01 Å². The molecule has 0 bridgehead atoms. The van der Waals surface area contributed by atoms with Crippen LogP contribution in [-0.2, 0) is 0 Å². The molecule has 3 aromatic rings. The number of carbonyl (C=O) groups is 1. The molecular formula is C22H15BrClN3O3. The van der Waals surface area contributed by atoms with Gasteiger partial charge in [-0.2, -0.15) is 5.10 Å². The number of hydrogen-bond donors (Lipinski definition) is 0. The third-order valence-corrected chi connectivity index (χ3v) is 5.72. The summed E-state index contributed by atoms with van der Waals surface area (Å²) in [5.41, 5.74) is 2.47. The molecule has 30 heavy (non-hydrogen) atoms. The van der Waals surface area contributed by atoms with Crippen LogP contribution in [-0.4, -0.2) is 21.6 Å². The average molecular weight is 485 g/mol. The zero-order chi connectivity index (χ0) is 21.3. The predicted molar refractivity (Wildman–Crippen MR) is 119 cm³/mol. The van der Waals surface area contributed by atoms with Crippen molar-refractivity contribution in [2.75, 3.05) is 0 Å². The Bertz CT molecular complexity index is 1150. The third kappa shape index (κ3) is 3.99. The molecule has 0 aromatic heterocycles. The van der Waals surface area contributed by atoms with E-state index in [0.717, 1.165) is 21.3 Å². The SMILES string of the molecule is O=C(c1ccc(Cl)c([N+](=O)[O-])c1)N1N=C(c2ccccc2)C[C@H]1c1ccc(Br)cc1. The van der Waals surface area contributed by atoms with Crippen LogP contribution in [0.2, 0.25) is 5.02 Å². The standard InChI is InChI=1S/C22H15BrClN3O3/c23-17-9-6-15(7-10-17)20-13-19(14-4-2-1-3-5-14)25-26(20)22(28)16-8-11-18(24)21(12-16)27(29)30/h1-12,20H,13H2/t20-/m0/s1. The van der Waals surface area contributed by atoms with Gasteiger partial charge in [0.2, 0.25) is 0 Å². The van der Waals surface area contributed by atoms with Gasteiger partial charge >= 0.3 is 0 Å². The first-order valence-electron chi connectivity index (χ1n) is 9.10. The Morgan fingerprint density at radius 3 is 2.47 bits per heavy atom. The van der Waals surface area contributed by atoms with Crippen LogP contribution in [0.15, 0.2) is 82.4 Å². The van der Waals surface area contributed by atoms with Crippen LogP contribution in [0.5, 0.6) is 0 Å². The topological polar surface area (TPSA) is 75.8 Å². The number of halogens is 2. The van der Waals surface area contributed by atoms with E-state index < -0.39 is 10.8 Å². The van der Waals surface area contributed by atoms with Crippen molar-refractivity contribution in [3.05, 3.63) is 109 Å². The quantitative estimate of drug-likeness (QED) is 0.336. The molecule has 1 amide bonds. The molecule has 1 heterocycles. The second-order valence-corrected chi connectivity index (χ2v) is 8.08. The van der Waals surface area contributed by atoms with E-state index >= 15 is 0 Å². The van der Waals surface area contributed by atoms with E-state index in [0.29, 0.717) is 6.42 Å². The molecule has 1 aliphatic heterocycles. The van der Waals surface area contributed by atoms with Crippen molar-refractivity contribution in [2.24, 2.45) is 5.10 Å². The molecule has 0 fully saturated rings. The van der Waals surface area contributed by atoms with Crippen molar-refractivity contribution >= 4 is 44.8 Å². The summed E-state index contributed by atoms with van der Waals surface area (Å²) in [4.78, 5) is 23.9. The second-order valence-electron chi connectivity index (χ2n) is 6.76. The molecule has 0 unspecified atom stereocenters. The number of amides is 1. The summed E-state index contributed by atoms with van der Waals surface area (Å²) in [5.74, 6) is -0.423. The van der Waals surface area contributed by atoms with E-state index in [1.54, 1.807) is 0 Å². The summed E-state index contributed by atoms with van der Waals surface area (Å²) in [5, 5.41) is 17.2. The minimum Gasteiger partial charge on any atom is -0.267 e. The van der Waals surface area contributed by atoms with E-state index in [9.17, 15) is 14.9 Å². The number of nitro groups is 1.